The van der Waals surface area contributed by atoms with E-state index in [0.717, 1.165) is 10.4 Å². The fourth-order valence-electron chi connectivity index (χ4n) is 3.02. The topological polar surface area (TPSA) is 79.2 Å². The minimum Gasteiger partial charge on any atom is -0.504 e. The zero-order valence-electron chi connectivity index (χ0n) is 13.8. The first kappa shape index (κ1) is 15.8. The van der Waals surface area contributed by atoms with Gasteiger partial charge in [-0.3, -0.25) is 9.59 Å². The Bertz CT molecular complexity index is 1040. The summed E-state index contributed by atoms with van der Waals surface area (Å²) in [6, 6.07) is 15.3. The molecule has 0 aromatic heterocycles. The summed E-state index contributed by atoms with van der Waals surface area (Å²) in [7, 11) is 1.44. The molecule has 1 aliphatic rings. The van der Waals surface area contributed by atoms with Gasteiger partial charge < -0.3 is 9.84 Å². The van der Waals surface area contributed by atoms with Gasteiger partial charge in [-0.2, -0.15) is 10.1 Å². The lowest BCUT2D eigenvalue weighted by atomic mass is 9.95. The van der Waals surface area contributed by atoms with E-state index in [1.54, 1.807) is 36.4 Å². The lowest BCUT2D eigenvalue weighted by Gasteiger charge is -2.23. The van der Waals surface area contributed by atoms with E-state index < -0.39 is 11.8 Å². The van der Waals surface area contributed by atoms with Gasteiger partial charge in [-0.1, -0.05) is 24.3 Å². The number of methoxy groups -OCH3 is 1. The molecule has 0 atom stereocenters. The molecule has 128 valence electrons. The Kier molecular flexibility index (Phi) is 3.65. The van der Waals surface area contributed by atoms with E-state index in [9.17, 15) is 14.7 Å². The summed E-state index contributed by atoms with van der Waals surface area (Å²) in [6.45, 7) is 0. The second-order valence-electron chi connectivity index (χ2n) is 5.81. The molecule has 0 unspecified atom stereocenters. The van der Waals surface area contributed by atoms with Crippen LogP contribution in [0.25, 0.3) is 10.8 Å². The van der Waals surface area contributed by atoms with E-state index >= 15 is 0 Å². The highest BCUT2D eigenvalue weighted by Gasteiger charge is 2.32. The average molecular weight is 346 g/mol. The van der Waals surface area contributed by atoms with Crippen LogP contribution in [0.4, 0.5) is 0 Å². The van der Waals surface area contributed by atoms with E-state index in [4.69, 9.17) is 4.74 Å². The van der Waals surface area contributed by atoms with Crippen LogP contribution in [0.3, 0.4) is 0 Å². The van der Waals surface area contributed by atoms with Gasteiger partial charge in [-0.15, -0.1) is 0 Å². The predicted octanol–water partition coefficient (Wildman–Crippen LogP) is 3.18. The molecule has 4 rings (SSSR count). The molecule has 3 aromatic carbocycles. The van der Waals surface area contributed by atoms with Crippen LogP contribution in [0.15, 0.2) is 59.7 Å². The van der Waals surface area contributed by atoms with Crippen molar-refractivity contribution in [3.63, 3.8) is 0 Å². The summed E-state index contributed by atoms with van der Waals surface area (Å²) >= 11 is 0. The first-order chi connectivity index (χ1) is 12.6. The standard InChI is InChI=1S/C20H14N2O4/c1-26-17-10-12(8-9-16(17)23)11-21-22-19(24)14-6-2-4-13-5-3-7-15(18(13)14)20(22)25/h2-11,23H,1H3/b21-11+. The van der Waals surface area contributed by atoms with Crippen molar-refractivity contribution in [2.75, 3.05) is 7.11 Å². The van der Waals surface area contributed by atoms with Crippen molar-refractivity contribution in [2.45, 2.75) is 0 Å². The maximum Gasteiger partial charge on any atom is 0.282 e. The SMILES string of the molecule is COc1cc(/C=N/N2C(=O)c3cccc4cccc(c34)C2=O)ccc1O. The maximum atomic E-state index is 12.7. The molecule has 0 radical (unpaired) electrons. The minimum atomic E-state index is -0.471. The first-order valence-corrected chi connectivity index (χ1v) is 7.91. The molecule has 1 heterocycles. The molecule has 0 saturated heterocycles. The highest BCUT2D eigenvalue weighted by atomic mass is 16.5. The molecule has 1 aliphatic heterocycles. The van der Waals surface area contributed by atoms with Gasteiger partial charge in [0, 0.05) is 5.39 Å². The number of amides is 2. The fourth-order valence-corrected chi connectivity index (χ4v) is 3.02. The Balaban J connectivity index is 1.75. The Hall–Kier alpha value is -3.67. The van der Waals surface area contributed by atoms with E-state index in [0.29, 0.717) is 22.1 Å². The second-order valence-corrected chi connectivity index (χ2v) is 5.81. The molecule has 3 aromatic rings. The van der Waals surface area contributed by atoms with Crippen LogP contribution in [-0.2, 0) is 0 Å². The molecule has 0 spiro atoms. The van der Waals surface area contributed by atoms with E-state index in [1.165, 1.54) is 19.4 Å². The number of phenols is 1. The highest BCUT2D eigenvalue weighted by Crippen LogP contribution is 2.30. The minimum absolute atomic E-state index is 0.00428. The summed E-state index contributed by atoms with van der Waals surface area (Å²) < 4.78 is 5.05. The molecule has 6 heteroatoms. The largest absolute Gasteiger partial charge is 0.504 e. The number of nitrogens with zero attached hydrogens (tertiary/aromatic N) is 2. The normalized spacial score (nSPS) is 13.7. The molecule has 0 aliphatic carbocycles. The highest BCUT2D eigenvalue weighted by molar-refractivity contribution is 6.25. The smallest absolute Gasteiger partial charge is 0.282 e. The van der Waals surface area contributed by atoms with Gasteiger partial charge in [-0.05, 0) is 41.3 Å². The lowest BCUT2D eigenvalue weighted by Crippen LogP contribution is -2.36. The molecule has 0 bridgehead atoms. The molecule has 0 fully saturated rings. The maximum absolute atomic E-state index is 12.7. The van der Waals surface area contributed by atoms with Gasteiger partial charge in [0.2, 0.25) is 0 Å². The van der Waals surface area contributed by atoms with Crippen molar-refractivity contribution in [3.05, 3.63) is 71.3 Å². The number of aromatic hydroxyl groups is 1. The predicted molar refractivity (Wildman–Crippen MR) is 96.7 cm³/mol. The monoisotopic (exact) mass is 346 g/mol. The van der Waals surface area contributed by atoms with Crippen molar-refractivity contribution >= 4 is 28.8 Å². The Morgan fingerprint density at radius 1 is 1.00 bits per heavy atom. The number of benzene rings is 3. The van der Waals surface area contributed by atoms with Gasteiger partial charge in [0.05, 0.1) is 24.5 Å². The van der Waals surface area contributed by atoms with Crippen LogP contribution in [-0.4, -0.2) is 35.3 Å². The van der Waals surface area contributed by atoms with Gasteiger partial charge in [0.1, 0.15) is 0 Å². The molecular weight excluding hydrogens is 332 g/mol. The third-order valence-electron chi connectivity index (χ3n) is 4.28. The van der Waals surface area contributed by atoms with Crippen molar-refractivity contribution in [2.24, 2.45) is 5.10 Å². The van der Waals surface area contributed by atoms with Crippen LogP contribution < -0.4 is 4.74 Å². The Labute approximate surface area is 148 Å². The third kappa shape index (κ3) is 2.39. The van der Waals surface area contributed by atoms with Crippen molar-refractivity contribution in [1.29, 1.82) is 0 Å². The van der Waals surface area contributed by atoms with Crippen LogP contribution in [0.2, 0.25) is 0 Å². The van der Waals surface area contributed by atoms with Gasteiger partial charge >= 0.3 is 0 Å². The summed E-state index contributed by atoms with van der Waals surface area (Å²) in [5.74, 6) is -0.668. The summed E-state index contributed by atoms with van der Waals surface area (Å²) in [5.41, 5.74) is 1.47. The number of carbonyl (C=O) groups is 2. The number of hydrogen-bond donors (Lipinski definition) is 1. The van der Waals surface area contributed by atoms with Crippen molar-refractivity contribution in [1.82, 2.24) is 5.01 Å². The zero-order chi connectivity index (χ0) is 18.3. The summed E-state index contributed by atoms with van der Waals surface area (Å²) in [6.07, 6.45) is 1.38. The van der Waals surface area contributed by atoms with Crippen LogP contribution in [0, 0.1) is 0 Å². The van der Waals surface area contributed by atoms with E-state index in [-0.39, 0.29) is 11.5 Å². The van der Waals surface area contributed by atoms with Crippen LogP contribution in [0.5, 0.6) is 11.5 Å². The van der Waals surface area contributed by atoms with Gasteiger partial charge in [0.15, 0.2) is 11.5 Å². The molecular formula is C20H14N2O4. The van der Waals surface area contributed by atoms with Crippen molar-refractivity contribution < 1.29 is 19.4 Å². The van der Waals surface area contributed by atoms with Crippen molar-refractivity contribution in [3.8, 4) is 11.5 Å². The Morgan fingerprint density at radius 2 is 1.65 bits per heavy atom. The quantitative estimate of drug-likeness (QED) is 0.583. The third-order valence-corrected chi connectivity index (χ3v) is 4.28. The van der Waals surface area contributed by atoms with Crippen LogP contribution in [0.1, 0.15) is 26.3 Å². The lowest BCUT2D eigenvalue weighted by molar-refractivity contribution is 0.0616. The number of ether oxygens (including phenoxy) is 1. The van der Waals surface area contributed by atoms with E-state index in [2.05, 4.69) is 5.10 Å². The first-order valence-electron chi connectivity index (χ1n) is 7.91. The number of hydrazone groups is 1. The summed E-state index contributed by atoms with van der Waals surface area (Å²) in [4.78, 5) is 25.5. The van der Waals surface area contributed by atoms with E-state index in [1.807, 2.05) is 12.1 Å². The zero-order valence-corrected chi connectivity index (χ0v) is 13.8. The Morgan fingerprint density at radius 3 is 2.27 bits per heavy atom. The molecule has 26 heavy (non-hydrogen) atoms. The van der Waals surface area contributed by atoms with Crippen LogP contribution >= 0.6 is 0 Å². The number of phenolic OH excluding ortho intramolecular Hbond substituents is 1. The molecule has 6 nitrogen and oxygen atoms in total. The number of imide groups is 1. The average Bonchev–Trinajstić information content (AvgIpc) is 2.67. The molecule has 1 N–H and O–H groups in total. The number of hydrogen-bond acceptors (Lipinski definition) is 5. The molecule has 0 saturated carbocycles. The summed E-state index contributed by atoms with van der Waals surface area (Å²) in [5, 5.41) is 16.1. The number of rotatable bonds is 3. The molecule has 2 amide bonds. The van der Waals surface area contributed by atoms with Gasteiger partial charge in [-0.25, -0.2) is 0 Å². The second kappa shape index (κ2) is 6.00. The van der Waals surface area contributed by atoms with Gasteiger partial charge in [0.25, 0.3) is 11.8 Å². The number of carbonyl (C=O) groups excluding carboxylic acids is 2. The fraction of sp³-hybridized carbons (Fsp3) is 0.0500.